The Balaban J connectivity index is 4.28. The molecule has 0 aliphatic heterocycles. The van der Waals surface area contributed by atoms with Crippen LogP contribution < -0.4 is 10.6 Å². The fraction of sp³-hybridized carbons (Fsp3) is 0.867. The molecule has 20 heavy (non-hydrogen) atoms. The molecule has 0 fully saturated rings. The van der Waals surface area contributed by atoms with Gasteiger partial charge in [0.1, 0.15) is 0 Å². The first-order valence-corrected chi connectivity index (χ1v) is 7.45. The number of hydrogen-bond donors (Lipinski definition) is 3. The van der Waals surface area contributed by atoms with E-state index in [1.807, 2.05) is 27.7 Å². The van der Waals surface area contributed by atoms with Crippen LogP contribution in [0.1, 0.15) is 66.7 Å². The highest BCUT2D eigenvalue weighted by Gasteiger charge is 2.28. The van der Waals surface area contributed by atoms with Gasteiger partial charge in [-0.1, -0.05) is 47.0 Å². The van der Waals surface area contributed by atoms with E-state index in [-0.39, 0.29) is 30.0 Å². The molecular formula is C15H30N2O3. The molecule has 0 saturated heterocycles. The average Bonchev–Trinajstić information content (AvgIpc) is 2.26. The van der Waals surface area contributed by atoms with Crippen LogP contribution in [0.25, 0.3) is 0 Å². The molecule has 0 saturated carbocycles. The van der Waals surface area contributed by atoms with E-state index < -0.39 is 5.97 Å². The Morgan fingerprint density at radius 2 is 1.75 bits per heavy atom. The molecule has 0 aromatic heterocycles. The zero-order valence-corrected chi connectivity index (χ0v) is 13.5. The summed E-state index contributed by atoms with van der Waals surface area (Å²) in [5.41, 5.74) is -0.290. The van der Waals surface area contributed by atoms with Gasteiger partial charge in [0.2, 0.25) is 0 Å². The minimum absolute atomic E-state index is 0.0683. The molecule has 0 bridgehead atoms. The van der Waals surface area contributed by atoms with Gasteiger partial charge in [-0.2, -0.15) is 0 Å². The standard InChI is InChI=1S/C15H30N2O3/c1-6-7-8-9-11(2)16-14(20)17-12(10-13(18)19)15(3,4)5/h11-12H,6-10H2,1-5H3,(H,18,19)(H2,16,17,20). The maximum absolute atomic E-state index is 11.9. The summed E-state index contributed by atoms with van der Waals surface area (Å²) in [6.45, 7) is 9.88. The van der Waals surface area contributed by atoms with Gasteiger partial charge in [-0.3, -0.25) is 4.79 Å². The Morgan fingerprint density at radius 3 is 2.20 bits per heavy atom. The van der Waals surface area contributed by atoms with Gasteiger partial charge in [0.25, 0.3) is 0 Å². The normalized spacial score (nSPS) is 14.4. The van der Waals surface area contributed by atoms with E-state index in [1.54, 1.807) is 0 Å². The van der Waals surface area contributed by atoms with E-state index in [2.05, 4.69) is 17.6 Å². The van der Waals surface area contributed by atoms with Crippen molar-refractivity contribution in [2.75, 3.05) is 0 Å². The number of carboxylic acid groups (broad SMARTS) is 1. The molecule has 5 nitrogen and oxygen atoms in total. The zero-order valence-electron chi connectivity index (χ0n) is 13.5. The number of carboxylic acids is 1. The zero-order chi connectivity index (χ0) is 15.8. The lowest BCUT2D eigenvalue weighted by molar-refractivity contribution is -0.138. The van der Waals surface area contributed by atoms with E-state index in [9.17, 15) is 9.59 Å². The van der Waals surface area contributed by atoms with Crippen LogP contribution in [0.15, 0.2) is 0 Å². The van der Waals surface area contributed by atoms with Crippen molar-refractivity contribution in [3.8, 4) is 0 Å². The molecule has 0 spiro atoms. The molecule has 2 unspecified atom stereocenters. The second kappa shape index (κ2) is 8.82. The first-order valence-electron chi connectivity index (χ1n) is 7.45. The number of carbonyl (C=O) groups excluding carboxylic acids is 1. The van der Waals surface area contributed by atoms with Gasteiger partial charge in [-0.15, -0.1) is 0 Å². The van der Waals surface area contributed by atoms with E-state index in [0.717, 1.165) is 25.7 Å². The van der Waals surface area contributed by atoms with Gasteiger partial charge in [-0.25, -0.2) is 4.79 Å². The van der Waals surface area contributed by atoms with Crippen LogP contribution in [-0.2, 0) is 4.79 Å². The van der Waals surface area contributed by atoms with Crippen molar-refractivity contribution in [2.24, 2.45) is 5.41 Å². The minimum Gasteiger partial charge on any atom is -0.481 e. The average molecular weight is 286 g/mol. The summed E-state index contributed by atoms with van der Waals surface area (Å²) in [5, 5.41) is 14.6. The smallest absolute Gasteiger partial charge is 0.315 e. The second-order valence-electron chi connectivity index (χ2n) is 6.53. The van der Waals surface area contributed by atoms with Crippen LogP contribution in [0.2, 0.25) is 0 Å². The fourth-order valence-electron chi connectivity index (χ4n) is 1.94. The van der Waals surface area contributed by atoms with Crippen molar-refractivity contribution in [3.05, 3.63) is 0 Å². The number of carbonyl (C=O) groups is 2. The van der Waals surface area contributed by atoms with Crippen molar-refractivity contribution in [3.63, 3.8) is 0 Å². The molecule has 118 valence electrons. The maximum Gasteiger partial charge on any atom is 0.315 e. The predicted octanol–water partition coefficient (Wildman–Crippen LogP) is 3.14. The third-order valence-electron chi connectivity index (χ3n) is 3.35. The lowest BCUT2D eigenvalue weighted by atomic mass is 9.85. The van der Waals surface area contributed by atoms with Gasteiger partial charge in [0, 0.05) is 12.1 Å². The second-order valence-corrected chi connectivity index (χ2v) is 6.53. The predicted molar refractivity (Wildman–Crippen MR) is 80.8 cm³/mol. The van der Waals surface area contributed by atoms with Crippen molar-refractivity contribution in [2.45, 2.75) is 78.8 Å². The molecule has 0 aromatic carbocycles. The summed E-state index contributed by atoms with van der Waals surface area (Å²) in [7, 11) is 0. The van der Waals surface area contributed by atoms with Crippen molar-refractivity contribution >= 4 is 12.0 Å². The van der Waals surface area contributed by atoms with Crippen molar-refractivity contribution in [1.29, 1.82) is 0 Å². The number of rotatable bonds is 8. The monoisotopic (exact) mass is 286 g/mol. The molecule has 0 aliphatic carbocycles. The highest BCUT2D eigenvalue weighted by molar-refractivity contribution is 5.76. The van der Waals surface area contributed by atoms with E-state index in [0.29, 0.717) is 0 Å². The number of hydrogen-bond acceptors (Lipinski definition) is 2. The summed E-state index contributed by atoms with van der Waals surface area (Å²) in [5.74, 6) is -0.902. The van der Waals surface area contributed by atoms with Crippen LogP contribution in [-0.4, -0.2) is 29.2 Å². The van der Waals surface area contributed by atoms with Crippen molar-refractivity contribution in [1.82, 2.24) is 10.6 Å². The highest BCUT2D eigenvalue weighted by atomic mass is 16.4. The molecule has 3 N–H and O–H groups in total. The highest BCUT2D eigenvalue weighted by Crippen LogP contribution is 2.21. The molecule has 5 heteroatoms. The number of amides is 2. The largest absolute Gasteiger partial charge is 0.481 e. The summed E-state index contributed by atoms with van der Waals surface area (Å²) in [6.07, 6.45) is 4.29. The van der Waals surface area contributed by atoms with Crippen molar-refractivity contribution < 1.29 is 14.7 Å². The SMILES string of the molecule is CCCCCC(C)NC(=O)NC(CC(=O)O)C(C)(C)C. The number of unbranched alkanes of at least 4 members (excludes halogenated alkanes) is 2. The minimum atomic E-state index is -0.902. The molecule has 0 radical (unpaired) electrons. The molecule has 0 rings (SSSR count). The Morgan fingerprint density at radius 1 is 1.15 bits per heavy atom. The quantitative estimate of drug-likeness (QED) is 0.600. The first-order chi connectivity index (χ1) is 9.16. The Labute approximate surface area is 122 Å². The summed E-state index contributed by atoms with van der Waals surface area (Å²) in [6, 6.07) is -0.565. The first kappa shape index (κ1) is 18.7. The van der Waals surface area contributed by atoms with Crippen LogP contribution in [0, 0.1) is 5.41 Å². The summed E-state index contributed by atoms with van der Waals surface area (Å²) in [4.78, 5) is 22.8. The topological polar surface area (TPSA) is 78.4 Å². The molecule has 0 aromatic rings. The number of aliphatic carboxylic acids is 1. The third kappa shape index (κ3) is 8.77. The molecule has 2 amide bonds. The van der Waals surface area contributed by atoms with Crippen LogP contribution >= 0.6 is 0 Å². The molecule has 2 atom stereocenters. The van der Waals surface area contributed by atoms with Crippen LogP contribution in [0.5, 0.6) is 0 Å². The fourth-order valence-corrected chi connectivity index (χ4v) is 1.94. The van der Waals surface area contributed by atoms with Gasteiger partial charge < -0.3 is 15.7 Å². The van der Waals surface area contributed by atoms with E-state index in [4.69, 9.17) is 5.11 Å². The van der Waals surface area contributed by atoms with E-state index >= 15 is 0 Å². The molecule has 0 heterocycles. The van der Waals surface area contributed by atoms with Gasteiger partial charge in [0.15, 0.2) is 0 Å². The van der Waals surface area contributed by atoms with E-state index in [1.165, 1.54) is 0 Å². The number of nitrogens with one attached hydrogen (secondary N) is 2. The third-order valence-corrected chi connectivity index (χ3v) is 3.35. The Hall–Kier alpha value is -1.26. The summed E-state index contributed by atoms with van der Waals surface area (Å²) < 4.78 is 0. The Bertz CT molecular complexity index is 311. The maximum atomic E-state index is 11.9. The van der Waals surface area contributed by atoms with Crippen LogP contribution in [0.3, 0.4) is 0 Å². The lowest BCUT2D eigenvalue weighted by Crippen LogP contribution is -2.50. The lowest BCUT2D eigenvalue weighted by Gasteiger charge is -2.30. The molecule has 0 aliphatic rings. The van der Waals surface area contributed by atoms with Gasteiger partial charge >= 0.3 is 12.0 Å². The number of urea groups is 1. The van der Waals surface area contributed by atoms with Crippen LogP contribution in [0.4, 0.5) is 4.79 Å². The van der Waals surface area contributed by atoms with Gasteiger partial charge in [-0.05, 0) is 18.8 Å². The van der Waals surface area contributed by atoms with Gasteiger partial charge in [0.05, 0.1) is 6.42 Å². The Kier molecular flexibility index (Phi) is 8.26. The summed E-state index contributed by atoms with van der Waals surface area (Å²) >= 11 is 0. The molecular weight excluding hydrogens is 256 g/mol.